The third kappa shape index (κ3) is 3.05. The van der Waals surface area contributed by atoms with Crippen molar-refractivity contribution in [3.63, 3.8) is 0 Å². The van der Waals surface area contributed by atoms with E-state index in [0.717, 1.165) is 0 Å². The van der Waals surface area contributed by atoms with E-state index in [9.17, 15) is 18.0 Å². The van der Waals surface area contributed by atoms with Crippen LogP contribution in [0.3, 0.4) is 0 Å². The lowest BCUT2D eigenvalue weighted by Crippen LogP contribution is -2.61. The highest BCUT2D eigenvalue weighted by atomic mass is 19.4. The van der Waals surface area contributed by atoms with Gasteiger partial charge in [-0.05, 0) is 0 Å². The molecule has 1 aliphatic rings. The summed E-state index contributed by atoms with van der Waals surface area (Å²) >= 11 is 0. The number of hydroxylamine groups is 2. The van der Waals surface area contributed by atoms with Crippen molar-refractivity contribution in [2.24, 2.45) is 0 Å². The van der Waals surface area contributed by atoms with Crippen LogP contribution >= 0.6 is 0 Å². The van der Waals surface area contributed by atoms with Crippen LogP contribution in [0.1, 0.15) is 0 Å². The minimum atomic E-state index is -4.98. The fourth-order valence-electron chi connectivity index (χ4n) is 2.07. The molecule has 0 atom stereocenters. The van der Waals surface area contributed by atoms with E-state index in [2.05, 4.69) is 5.32 Å². The van der Waals surface area contributed by atoms with Gasteiger partial charge in [-0.1, -0.05) is 22.8 Å². The first kappa shape index (κ1) is 13.8. The van der Waals surface area contributed by atoms with Gasteiger partial charge in [-0.15, -0.1) is 0 Å². The van der Waals surface area contributed by atoms with Gasteiger partial charge in [-0.25, -0.2) is 4.79 Å². The molecule has 0 unspecified atom stereocenters. The summed E-state index contributed by atoms with van der Waals surface area (Å²) in [6.45, 7) is 1.51. The Morgan fingerprint density at radius 1 is 1.16 bits per heavy atom. The largest absolute Gasteiger partial charge is 0.497 e. The Hall–Kier alpha value is -1.60. The number of carbonyl (C=O) groups is 1. The second-order valence-electron chi connectivity index (χ2n) is 4.30. The van der Waals surface area contributed by atoms with Gasteiger partial charge in [0.2, 0.25) is 0 Å². The first-order valence-corrected chi connectivity index (χ1v) is 5.88. The maximum absolute atomic E-state index is 12.4. The molecule has 0 aliphatic carbocycles. The number of carbonyl (C=O) groups excluding carboxylic acids is 1. The topological polar surface area (TPSA) is 38.3 Å². The molecule has 19 heavy (non-hydrogen) atoms. The molecule has 0 bridgehead atoms. The number of nitrogens with one attached hydrogen (secondary N) is 1. The SMILES string of the molecule is O=C(O[N+]1(c2ccccc2)CCNCC1)C(F)(F)F. The highest BCUT2D eigenvalue weighted by molar-refractivity contribution is 5.76. The van der Waals surface area contributed by atoms with Gasteiger partial charge in [0.15, 0.2) is 5.69 Å². The van der Waals surface area contributed by atoms with Gasteiger partial charge in [-0.3, -0.25) is 4.84 Å². The molecule has 2 rings (SSSR count). The Bertz CT molecular complexity index is 442. The summed E-state index contributed by atoms with van der Waals surface area (Å²) < 4.78 is 36.7. The molecular formula is C12H14F3N2O2+. The maximum Gasteiger partial charge on any atom is 0.497 e. The molecule has 104 valence electrons. The number of nitrogens with zero attached hydrogens (tertiary/aromatic N) is 1. The number of benzene rings is 1. The zero-order chi connectivity index (χ0) is 13.9. The molecule has 0 radical (unpaired) electrons. The molecule has 1 aromatic rings. The molecule has 1 fully saturated rings. The smallest absolute Gasteiger partial charge is 0.306 e. The lowest BCUT2D eigenvalue weighted by Gasteiger charge is -2.37. The van der Waals surface area contributed by atoms with Crippen molar-refractivity contribution in [1.82, 2.24) is 9.96 Å². The van der Waals surface area contributed by atoms with Crippen LogP contribution in [0.15, 0.2) is 30.3 Å². The summed E-state index contributed by atoms with van der Waals surface area (Å²) in [6, 6.07) is 8.50. The van der Waals surface area contributed by atoms with E-state index >= 15 is 0 Å². The molecule has 1 aliphatic heterocycles. The monoisotopic (exact) mass is 275 g/mol. The first-order valence-electron chi connectivity index (χ1n) is 5.88. The highest BCUT2D eigenvalue weighted by Crippen LogP contribution is 2.27. The van der Waals surface area contributed by atoms with Crippen LogP contribution in [0.4, 0.5) is 18.9 Å². The van der Waals surface area contributed by atoms with Crippen LogP contribution in [-0.4, -0.2) is 38.3 Å². The van der Waals surface area contributed by atoms with E-state index in [0.29, 0.717) is 18.8 Å². The number of hydrogen-bond donors (Lipinski definition) is 1. The molecule has 1 aromatic carbocycles. The second-order valence-corrected chi connectivity index (χ2v) is 4.30. The van der Waals surface area contributed by atoms with Crippen molar-refractivity contribution in [3.05, 3.63) is 30.3 Å². The predicted octanol–water partition coefficient (Wildman–Crippen LogP) is 1.62. The number of para-hydroxylation sites is 1. The number of alkyl halides is 3. The average molecular weight is 275 g/mol. The van der Waals surface area contributed by atoms with E-state index in [1.165, 1.54) is 0 Å². The second kappa shape index (κ2) is 5.18. The molecule has 1 saturated heterocycles. The summed E-state index contributed by atoms with van der Waals surface area (Å²) in [5.74, 6) is -2.15. The first-order chi connectivity index (χ1) is 8.94. The molecule has 7 heteroatoms. The van der Waals surface area contributed by atoms with Crippen LogP contribution in [-0.2, 0) is 9.63 Å². The van der Waals surface area contributed by atoms with Crippen molar-refractivity contribution < 1.29 is 22.8 Å². The van der Waals surface area contributed by atoms with Crippen molar-refractivity contribution in [1.29, 1.82) is 0 Å². The number of rotatable bonds is 2. The third-order valence-electron chi connectivity index (χ3n) is 3.02. The van der Waals surface area contributed by atoms with E-state index in [-0.39, 0.29) is 13.1 Å². The summed E-state index contributed by atoms with van der Waals surface area (Å²) in [7, 11) is 0. The van der Waals surface area contributed by atoms with E-state index < -0.39 is 16.8 Å². The van der Waals surface area contributed by atoms with E-state index in [1.807, 2.05) is 0 Å². The highest BCUT2D eigenvalue weighted by Gasteiger charge is 2.49. The summed E-state index contributed by atoms with van der Waals surface area (Å²) in [5, 5.41) is 3.03. The third-order valence-corrected chi connectivity index (χ3v) is 3.02. The maximum atomic E-state index is 12.4. The number of hydrogen-bond acceptors (Lipinski definition) is 3. The minimum Gasteiger partial charge on any atom is -0.306 e. The molecule has 0 spiro atoms. The van der Waals surface area contributed by atoms with Crippen LogP contribution < -0.4 is 9.96 Å². The van der Waals surface area contributed by atoms with Gasteiger partial charge in [-0.2, -0.15) is 13.2 Å². The van der Waals surface area contributed by atoms with Crippen molar-refractivity contribution in [2.75, 3.05) is 26.2 Å². The Kier molecular flexibility index (Phi) is 3.77. The van der Waals surface area contributed by atoms with Gasteiger partial charge in [0, 0.05) is 25.2 Å². The van der Waals surface area contributed by atoms with Gasteiger partial charge >= 0.3 is 12.1 Å². The molecule has 4 nitrogen and oxygen atoms in total. The normalized spacial score (nSPS) is 18.9. The van der Waals surface area contributed by atoms with E-state index in [1.54, 1.807) is 30.3 Å². The molecule has 1 N–H and O–H groups in total. The fourth-order valence-corrected chi connectivity index (χ4v) is 2.07. The Morgan fingerprint density at radius 3 is 2.26 bits per heavy atom. The number of piperazine rings is 1. The molecule has 0 amide bonds. The van der Waals surface area contributed by atoms with E-state index in [4.69, 9.17) is 4.84 Å². The molecule has 0 aromatic heterocycles. The van der Waals surface area contributed by atoms with Crippen LogP contribution in [0.2, 0.25) is 0 Å². The Balaban J connectivity index is 2.28. The standard InChI is InChI=1S/C12H14F3N2O2/c13-12(14,15)11(18)19-17(8-6-16-7-9-17)10-4-2-1-3-5-10/h1-5,16H,6-9H2/q+1. The van der Waals surface area contributed by atoms with Crippen molar-refractivity contribution >= 4 is 11.7 Å². The zero-order valence-corrected chi connectivity index (χ0v) is 10.1. The van der Waals surface area contributed by atoms with Crippen molar-refractivity contribution in [3.8, 4) is 0 Å². The summed E-state index contributed by atoms with van der Waals surface area (Å²) in [6.07, 6.45) is -4.98. The van der Waals surface area contributed by atoms with Crippen LogP contribution in [0.5, 0.6) is 0 Å². The summed E-state index contributed by atoms with van der Waals surface area (Å²) in [5.41, 5.74) is 0.543. The van der Waals surface area contributed by atoms with Gasteiger partial charge in [0.25, 0.3) is 0 Å². The number of quaternary nitrogens is 1. The lowest BCUT2D eigenvalue weighted by atomic mass is 10.2. The molecule has 0 saturated carbocycles. The van der Waals surface area contributed by atoms with Crippen LogP contribution in [0.25, 0.3) is 0 Å². The summed E-state index contributed by atoms with van der Waals surface area (Å²) in [4.78, 5) is 15.9. The predicted molar refractivity (Wildman–Crippen MR) is 63.0 cm³/mol. The lowest BCUT2D eigenvalue weighted by molar-refractivity contribution is -0.236. The molecular weight excluding hydrogens is 261 g/mol. The minimum absolute atomic E-state index is 0.270. The Morgan fingerprint density at radius 2 is 1.74 bits per heavy atom. The zero-order valence-electron chi connectivity index (χ0n) is 10.1. The molecule has 1 heterocycles. The fraction of sp³-hybridized carbons (Fsp3) is 0.417. The van der Waals surface area contributed by atoms with Crippen molar-refractivity contribution in [2.45, 2.75) is 6.18 Å². The Labute approximate surface area is 108 Å². The van der Waals surface area contributed by atoms with Crippen LogP contribution in [0, 0.1) is 0 Å². The quantitative estimate of drug-likeness (QED) is 0.834. The average Bonchev–Trinajstić information content (AvgIpc) is 2.40. The van der Waals surface area contributed by atoms with Gasteiger partial charge in [0.05, 0.1) is 0 Å². The number of halogens is 3. The van der Waals surface area contributed by atoms with Gasteiger partial charge in [0.1, 0.15) is 13.1 Å². The van der Waals surface area contributed by atoms with Gasteiger partial charge < -0.3 is 5.32 Å².